The predicted octanol–water partition coefficient (Wildman–Crippen LogP) is 1.99. The molecule has 0 unspecified atom stereocenters. The molecule has 1 aromatic heterocycles. The average molecular weight is 249 g/mol. The predicted molar refractivity (Wildman–Crippen MR) is 63.2 cm³/mol. The largest absolute Gasteiger partial charge is 0.437 e. The maximum absolute atomic E-state index is 11.5. The summed E-state index contributed by atoms with van der Waals surface area (Å²) in [5.74, 6) is -0.387. The van der Waals surface area contributed by atoms with Gasteiger partial charge < -0.3 is 4.42 Å². The van der Waals surface area contributed by atoms with Crippen molar-refractivity contribution in [1.29, 1.82) is 0 Å². The van der Waals surface area contributed by atoms with Crippen molar-refractivity contribution in [2.24, 2.45) is 0 Å². The van der Waals surface area contributed by atoms with Gasteiger partial charge in [-0.3, -0.25) is 10.1 Å². The van der Waals surface area contributed by atoms with Gasteiger partial charge in [-0.1, -0.05) is 0 Å². The van der Waals surface area contributed by atoms with Crippen LogP contribution in [0.5, 0.6) is 0 Å². The Kier molecular flexibility index (Phi) is 2.97. The molecule has 18 heavy (non-hydrogen) atoms. The molecular formula is C11H11N3O4. The Balaban J connectivity index is 2.40. The van der Waals surface area contributed by atoms with Gasteiger partial charge in [-0.05, 0) is 26.0 Å². The highest BCUT2D eigenvalue weighted by molar-refractivity contribution is 5.55. The molecule has 1 heterocycles. The van der Waals surface area contributed by atoms with Crippen LogP contribution in [0.4, 0.5) is 5.69 Å². The third-order valence-corrected chi connectivity index (χ3v) is 2.38. The second-order valence-corrected chi connectivity index (χ2v) is 4.02. The van der Waals surface area contributed by atoms with Crippen LogP contribution in [-0.4, -0.2) is 14.7 Å². The smallest absolute Gasteiger partial charge is 0.388 e. The molecule has 1 aromatic carbocycles. The van der Waals surface area contributed by atoms with Gasteiger partial charge in [0.15, 0.2) is 0 Å². The summed E-state index contributed by atoms with van der Waals surface area (Å²) in [6, 6.07) is 5.56. The van der Waals surface area contributed by atoms with E-state index in [1.165, 1.54) is 28.9 Å². The molecule has 0 saturated heterocycles. The zero-order chi connectivity index (χ0) is 13.3. The van der Waals surface area contributed by atoms with Crippen LogP contribution < -0.4 is 5.76 Å². The molecule has 0 aliphatic heterocycles. The Labute approximate surface area is 102 Å². The van der Waals surface area contributed by atoms with Crippen LogP contribution in [0.15, 0.2) is 33.5 Å². The monoisotopic (exact) mass is 249 g/mol. The molecule has 0 radical (unpaired) electrons. The Bertz CT molecular complexity index is 624. The summed E-state index contributed by atoms with van der Waals surface area (Å²) in [7, 11) is 0. The molecule has 0 fully saturated rings. The number of non-ortho nitro benzene ring substituents is 1. The first-order valence-electron chi connectivity index (χ1n) is 5.33. The summed E-state index contributed by atoms with van der Waals surface area (Å²) in [6.45, 7) is 3.62. The van der Waals surface area contributed by atoms with Crippen LogP contribution in [0.1, 0.15) is 19.9 Å². The van der Waals surface area contributed by atoms with Crippen LogP contribution >= 0.6 is 0 Å². The highest BCUT2D eigenvalue weighted by Gasteiger charge is 2.13. The van der Waals surface area contributed by atoms with Crippen molar-refractivity contribution in [1.82, 2.24) is 9.78 Å². The number of hydrogen-bond donors (Lipinski definition) is 0. The SMILES string of the molecule is CC(C)n1nc(-c2ccc([N+](=O)[O-])cc2)oc1=O. The van der Waals surface area contributed by atoms with Crippen molar-refractivity contribution in [3.8, 4) is 11.5 Å². The molecule has 0 spiro atoms. The van der Waals surface area contributed by atoms with Crippen LogP contribution in [0, 0.1) is 10.1 Å². The van der Waals surface area contributed by atoms with Gasteiger partial charge in [0.2, 0.25) is 5.89 Å². The van der Waals surface area contributed by atoms with E-state index in [1.807, 2.05) is 13.8 Å². The molecule has 0 N–H and O–H groups in total. The number of aromatic nitrogens is 2. The minimum Gasteiger partial charge on any atom is -0.388 e. The summed E-state index contributed by atoms with van der Waals surface area (Å²) < 4.78 is 6.21. The van der Waals surface area contributed by atoms with Crippen molar-refractivity contribution in [3.63, 3.8) is 0 Å². The highest BCUT2D eigenvalue weighted by atomic mass is 16.6. The first-order chi connectivity index (χ1) is 8.49. The standard InChI is InChI=1S/C11H11N3O4/c1-7(2)13-11(15)18-10(12-13)8-3-5-9(6-4-8)14(16)17/h3-7H,1-2H3. The lowest BCUT2D eigenvalue weighted by Crippen LogP contribution is -2.17. The lowest BCUT2D eigenvalue weighted by atomic mass is 10.2. The summed E-state index contributed by atoms with van der Waals surface area (Å²) in [5, 5.41) is 14.5. The fourth-order valence-corrected chi connectivity index (χ4v) is 1.46. The number of nitro groups is 1. The zero-order valence-electron chi connectivity index (χ0n) is 9.86. The molecular weight excluding hydrogens is 238 g/mol. The van der Waals surface area contributed by atoms with Crippen molar-refractivity contribution >= 4 is 5.69 Å². The van der Waals surface area contributed by atoms with E-state index in [0.29, 0.717) is 5.56 Å². The minimum atomic E-state index is -0.543. The number of hydrogen-bond acceptors (Lipinski definition) is 5. The topological polar surface area (TPSA) is 91.2 Å². The van der Waals surface area contributed by atoms with Crippen LogP contribution in [0.3, 0.4) is 0 Å². The average Bonchev–Trinajstić information content (AvgIpc) is 2.71. The van der Waals surface area contributed by atoms with Crippen LogP contribution in [0.25, 0.3) is 11.5 Å². The molecule has 2 aromatic rings. The second kappa shape index (κ2) is 4.44. The summed E-state index contributed by atoms with van der Waals surface area (Å²) >= 11 is 0. The first kappa shape index (κ1) is 12.0. The molecule has 2 rings (SSSR count). The summed E-state index contributed by atoms with van der Waals surface area (Å²) in [4.78, 5) is 21.5. The maximum Gasteiger partial charge on any atom is 0.437 e. The van der Waals surface area contributed by atoms with E-state index in [4.69, 9.17) is 4.42 Å². The Morgan fingerprint density at radius 2 is 1.94 bits per heavy atom. The van der Waals surface area contributed by atoms with E-state index >= 15 is 0 Å². The van der Waals surface area contributed by atoms with Gasteiger partial charge in [0.1, 0.15) is 0 Å². The van der Waals surface area contributed by atoms with Crippen LogP contribution in [0.2, 0.25) is 0 Å². The Morgan fingerprint density at radius 1 is 1.33 bits per heavy atom. The van der Waals surface area contributed by atoms with Gasteiger partial charge in [0.05, 0.1) is 11.0 Å². The van der Waals surface area contributed by atoms with Crippen molar-refractivity contribution in [2.75, 3.05) is 0 Å². The lowest BCUT2D eigenvalue weighted by molar-refractivity contribution is -0.384. The van der Waals surface area contributed by atoms with Gasteiger partial charge >= 0.3 is 5.76 Å². The molecule has 0 saturated carbocycles. The quantitative estimate of drug-likeness (QED) is 0.612. The maximum atomic E-state index is 11.5. The van der Waals surface area contributed by atoms with Gasteiger partial charge in [-0.25, -0.2) is 4.79 Å². The molecule has 0 bridgehead atoms. The third-order valence-electron chi connectivity index (χ3n) is 2.38. The molecule has 0 atom stereocenters. The van der Waals surface area contributed by atoms with Gasteiger partial charge in [-0.15, -0.1) is 5.10 Å². The summed E-state index contributed by atoms with van der Waals surface area (Å²) in [5.41, 5.74) is 0.501. The van der Waals surface area contributed by atoms with E-state index in [2.05, 4.69) is 5.10 Å². The van der Waals surface area contributed by atoms with Crippen molar-refractivity contribution in [2.45, 2.75) is 19.9 Å². The van der Waals surface area contributed by atoms with E-state index in [0.717, 1.165) is 0 Å². The third kappa shape index (κ3) is 2.15. The Morgan fingerprint density at radius 3 is 2.39 bits per heavy atom. The molecule has 0 aliphatic rings. The summed E-state index contributed by atoms with van der Waals surface area (Å²) in [6.07, 6.45) is 0. The van der Waals surface area contributed by atoms with E-state index in [-0.39, 0.29) is 17.6 Å². The second-order valence-electron chi connectivity index (χ2n) is 4.02. The number of benzene rings is 1. The highest BCUT2D eigenvalue weighted by Crippen LogP contribution is 2.20. The molecule has 7 nitrogen and oxygen atoms in total. The Hall–Kier alpha value is -2.44. The minimum absolute atomic E-state index is 0.0237. The van der Waals surface area contributed by atoms with E-state index < -0.39 is 10.7 Å². The van der Waals surface area contributed by atoms with Gasteiger partial charge in [0.25, 0.3) is 5.69 Å². The first-order valence-corrected chi connectivity index (χ1v) is 5.33. The molecule has 0 amide bonds. The molecule has 7 heteroatoms. The number of nitrogens with zero attached hydrogens (tertiary/aromatic N) is 3. The normalized spacial score (nSPS) is 10.8. The van der Waals surface area contributed by atoms with Crippen LogP contribution in [-0.2, 0) is 0 Å². The van der Waals surface area contributed by atoms with Gasteiger partial charge in [0, 0.05) is 17.7 Å². The lowest BCUT2D eigenvalue weighted by Gasteiger charge is -1.99. The molecule has 0 aliphatic carbocycles. The van der Waals surface area contributed by atoms with Crippen molar-refractivity contribution in [3.05, 3.63) is 44.9 Å². The number of nitro benzene ring substituents is 1. The van der Waals surface area contributed by atoms with E-state index in [1.54, 1.807) is 0 Å². The fraction of sp³-hybridized carbons (Fsp3) is 0.273. The van der Waals surface area contributed by atoms with E-state index in [9.17, 15) is 14.9 Å². The van der Waals surface area contributed by atoms with Crippen molar-refractivity contribution < 1.29 is 9.34 Å². The number of rotatable bonds is 3. The fourth-order valence-electron chi connectivity index (χ4n) is 1.46. The zero-order valence-corrected chi connectivity index (χ0v) is 9.86. The molecule has 94 valence electrons. The van der Waals surface area contributed by atoms with Gasteiger partial charge in [-0.2, -0.15) is 4.68 Å².